The van der Waals surface area contributed by atoms with Gasteiger partial charge < -0.3 is 29.3 Å². The number of aliphatic imine (C=N–C) groups is 1. The Morgan fingerprint density at radius 3 is 2.30 bits per heavy atom. The first-order valence-corrected chi connectivity index (χ1v) is 18.4. The Hall–Kier alpha value is -4.00. The number of amidine groups is 1. The van der Waals surface area contributed by atoms with E-state index in [1.807, 2.05) is 43.9 Å². The molecule has 2 aromatic rings. The number of hydrogen-bond acceptors (Lipinski definition) is 7. The number of carbonyl (C=O) groups excluding carboxylic acids is 1. The number of ether oxygens (including phenoxy) is 2. The molecule has 0 spiro atoms. The molecule has 1 N–H and O–H groups in total. The molecule has 1 amide bonds. The fraction of sp³-hybridized carbons (Fsp3) is 0.561. The minimum atomic E-state index is -0.523. The number of rotatable bonds is 5. The molecular formula is C41H57N5O4. The van der Waals surface area contributed by atoms with Crippen LogP contribution in [0.15, 0.2) is 64.5 Å². The van der Waals surface area contributed by atoms with Gasteiger partial charge in [0.25, 0.3) is 0 Å². The molecule has 0 radical (unpaired) electrons. The van der Waals surface area contributed by atoms with Crippen LogP contribution in [0.4, 0.5) is 10.5 Å². The molecule has 2 bridgehead atoms. The highest BCUT2D eigenvalue weighted by Crippen LogP contribution is 2.36. The quantitative estimate of drug-likeness (QED) is 0.161. The predicted octanol–water partition coefficient (Wildman–Crippen LogP) is 6.80. The third-order valence-corrected chi connectivity index (χ3v) is 9.89. The molecule has 3 saturated heterocycles. The van der Waals surface area contributed by atoms with Crippen molar-refractivity contribution in [3.63, 3.8) is 0 Å². The zero-order valence-corrected chi connectivity index (χ0v) is 31.3. The molecule has 9 nitrogen and oxygen atoms in total. The number of hydrogen-bond donors (Lipinski definition) is 1. The van der Waals surface area contributed by atoms with Crippen molar-refractivity contribution in [2.45, 2.75) is 90.8 Å². The summed E-state index contributed by atoms with van der Waals surface area (Å²) in [4.78, 5) is 27.4. The SMILES string of the molecule is CC/C=C(/N=C(\C1=C(C)CN(c2cccc3cccc(C#CCO)c23)CC1)N1CC2CCC(C1)N2C(=O)OC(C)(C)C)OC.CN1CCCC1. The zero-order valence-electron chi connectivity index (χ0n) is 31.3. The molecule has 4 heterocycles. The molecule has 6 rings (SSSR count). The minimum Gasteiger partial charge on any atom is -0.481 e. The number of anilines is 1. The average Bonchev–Trinajstić information content (AvgIpc) is 3.68. The van der Waals surface area contributed by atoms with Crippen LogP contribution in [-0.4, -0.2) is 109 Å². The molecule has 0 saturated carbocycles. The van der Waals surface area contributed by atoms with Crippen molar-refractivity contribution in [3.8, 4) is 11.8 Å². The van der Waals surface area contributed by atoms with E-state index in [0.717, 1.165) is 66.6 Å². The van der Waals surface area contributed by atoms with Crippen LogP contribution in [0.3, 0.4) is 0 Å². The molecule has 0 aliphatic carbocycles. The number of aliphatic hydroxyl groups excluding tert-OH is 1. The number of methoxy groups -OCH3 is 1. The number of nitrogens with zero attached hydrogens (tertiary/aromatic N) is 5. The lowest BCUT2D eigenvalue weighted by Gasteiger charge is -2.43. The van der Waals surface area contributed by atoms with Crippen molar-refractivity contribution in [1.82, 2.24) is 14.7 Å². The summed E-state index contributed by atoms with van der Waals surface area (Å²) >= 11 is 0. The second kappa shape index (κ2) is 16.8. The van der Waals surface area contributed by atoms with E-state index in [2.05, 4.69) is 71.7 Å². The van der Waals surface area contributed by atoms with Gasteiger partial charge in [0.1, 0.15) is 18.0 Å². The van der Waals surface area contributed by atoms with E-state index in [0.29, 0.717) is 19.0 Å². The Kier molecular flexibility index (Phi) is 12.5. The van der Waals surface area contributed by atoms with E-state index in [1.54, 1.807) is 7.11 Å². The second-order valence-corrected chi connectivity index (χ2v) is 14.8. The van der Waals surface area contributed by atoms with Crippen molar-refractivity contribution in [2.24, 2.45) is 4.99 Å². The molecule has 9 heteroatoms. The van der Waals surface area contributed by atoms with E-state index in [-0.39, 0.29) is 24.8 Å². The number of amides is 1. The second-order valence-electron chi connectivity index (χ2n) is 14.8. The van der Waals surface area contributed by atoms with Gasteiger partial charge in [-0.2, -0.15) is 4.99 Å². The van der Waals surface area contributed by atoms with Gasteiger partial charge in [-0.25, -0.2) is 4.79 Å². The predicted molar refractivity (Wildman–Crippen MR) is 203 cm³/mol. The smallest absolute Gasteiger partial charge is 0.410 e. The lowest BCUT2D eigenvalue weighted by atomic mass is 9.96. The van der Waals surface area contributed by atoms with Gasteiger partial charge in [-0.15, -0.1) is 0 Å². The third-order valence-electron chi connectivity index (χ3n) is 9.89. The Balaban J connectivity index is 0.000000732. The van der Waals surface area contributed by atoms with Gasteiger partial charge in [-0.3, -0.25) is 4.90 Å². The Labute approximate surface area is 299 Å². The van der Waals surface area contributed by atoms with Gasteiger partial charge in [0.2, 0.25) is 5.88 Å². The maximum absolute atomic E-state index is 13.2. The number of carbonyl (C=O) groups is 1. The summed E-state index contributed by atoms with van der Waals surface area (Å²) in [7, 11) is 3.85. The van der Waals surface area contributed by atoms with Crippen molar-refractivity contribution in [3.05, 3.63) is 65.1 Å². The standard InChI is InChI=1S/C36H46N4O4.C5H11N/c1-7-11-32(43-6)37-34(39-23-28-17-18-29(24-39)40(28)35(42)44-36(3,4)5)30-19-20-38(22-25(30)2)31-16-9-14-26-12-8-13-27(33(26)31)15-10-21-41;1-6-4-2-3-5-6/h8-9,11-14,16,28-29,41H,7,17-24H2,1-6H3;2-5H2,1H3/b32-11-,37-34+;. The summed E-state index contributed by atoms with van der Waals surface area (Å²) in [5, 5.41) is 11.6. The van der Waals surface area contributed by atoms with Crippen LogP contribution in [0.5, 0.6) is 0 Å². The summed E-state index contributed by atoms with van der Waals surface area (Å²) in [6, 6.07) is 12.7. The normalized spacial score (nSPS) is 21.6. The fourth-order valence-electron chi connectivity index (χ4n) is 7.60. The van der Waals surface area contributed by atoms with Crippen LogP contribution in [0.2, 0.25) is 0 Å². The number of likely N-dealkylation sites (tertiary alicyclic amines) is 2. The summed E-state index contributed by atoms with van der Waals surface area (Å²) in [5.41, 5.74) is 4.06. The highest BCUT2D eigenvalue weighted by atomic mass is 16.6. The van der Waals surface area contributed by atoms with E-state index >= 15 is 0 Å². The summed E-state index contributed by atoms with van der Waals surface area (Å²) in [6.07, 6.45) is 8.21. The van der Waals surface area contributed by atoms with Crippen LogP contribution in [0, 0.1) is 11.8 Å². The van der Waals surface area contributed by atoms with Gasteiger partial charge in [0, 0.05) is 42.8 Å². The molecule has 50 heavy (non-hydrogen) atoms. The Morgan fingerprint density at radius 1 is 1.06 bits per heavy atom. The van der Waals surface area contributed by atoms with Crippen molar-refractivity contribution >= 4 is 28.4 Å². The first kappa shape index (κ1) is 37.3. The van der Waals surface area contributed by atoms with Crippen molar-refractivity contribution in [1.29, 1.82) is 0 Å². The summed E-state index contributed by atoms with van der Waals surface area (Å²) in [6.45, 7) is 15.5. The van der Waals surface area contributed by atoms with Crippen LogP contribution in [0.1, 0.15) is 78.7 Å². The molecule has 2 atom stereocenters. The maximum Gasteiger partial charge on any atom is 0.410 e. The molecule has 2 unspecified atom stereocenters. The molecule has 0 aromatic heterocycles. The third kappa shape index (κ3) is 9.01. The lowest BCUT2D eigenvalue weighted by Crippen LogP contribution is -2.58. The van der Waals surface area contributed by atoms with E-state index in [9.17, 15) is 9.90 Å². The molecular weight excluding hydrogens is 626 g/mol. The van der Waals surface area contributed by atoms with Crippen LogP contribution < -0.4 is 4.90 Å². The topological polar surface area (TPSA) is 81.1 Å². The van der Waals surface area contributed by atoms with Gasteiger partial charge >= 0.3 is 6.09 Å². The van der Waals surface area contributed by atoms with Gasteiger partial charge in [-0.05, 0) is 121 Å². The zero-order chi connectivity index (χ0) is 35.8. The fourth-order valence-corrected chi connectivity index (χ4v) is 7.60. The average molecular weight is 684 g/mol. The van der Waals surface area contributed by atoms with Gasteiger partial charge in [-0.1, -0.05) is 43.0 Å². The highest BCUT2D eigenvalue weighted by Gasteiger charge is 2.45. The maximum atomic E-state index is 13.2. The number of allylic oxidation sites excluding steroid dienone is 1. The van der Waals surface area contributed by atoms with Gasteiger partial charge in [0.15, 0.2) is 0 Å². The Morgan fingerprint density at radius 2 is 1.74 bits per heavy atom. The van der Waals surface area contributed by atoms with Crippen LogP contribution in [-0.2, 0) is 9.47 Å². The minimum absolute atomic E-state index is 0.0880. The molecule has 2 aromatic carbocycles. The number of aliphatic hydroxyl groups is 1. The largest absolute Gasteiger partial charge is 0.481 e. The Bertz CT molecular complexity index is 1640. The van der Waals surface area contributed by atoms with E-state index < -0.39 is 5.60 Å². The highest BCUT2D eigenvalue weighted by molar-refractivity contribution is 6.02. The number of fused-ring (bicyclic) bond motifs is 3. The van der Waals surface area contributed by atoms with Crippen LogP contribution >= 0.6 is 0 Å². The number of benzene rings is 2. The van der Waals surface area contributed by atoms with Crippen molar-refractivity contribution < 1.29 is 19.4 Å². The van der Waals surface area contributed by atoms with E-state index in [1.165, 1.54) is 37.1 Å². The molecule has 270 valence electrons. The summed E-state index contributed by atoms with van der Waals surface area (Å²) in [5.74, 6) is 7.56. The lowest BCUT2D eigenvalue weighted by molar-refractivity contribution is 0.00277. The van der Waals surface area contributed by atoms with Crippen LogP contribution in [0.25, 0.3) is 10.8 Å². The molecule has 4 aliphatic rings. The van der Waals surface area contributed by atoms with Gasteiger partial charge in [0.05, 0.1) is 19.2 Å². The number of piperazine rings is 1. The first-order valence-electron chi connectivity index (χ1n) is 18.4. The molecule has 3 fully saturated rings. The monoisotopic (exact) mass is 683 g/mol. The van der Waals surface area contributed by atoms with E-state index in [4.69, 9.17) is 14.5 Å². The first-order chi connectivity index (χ1) is 24.0. The van der Waals surface area contributed by atoms with Crippen molar-refractivity contribution in [2.75, 3.05) is 64.9 Å². The summed E-state index contributed by atoms with van der Waals surface area (Å²) < 4.78 is 11.5. The molecule has 4 aliphatic heterocycles.